The van der Waals surface area contributed by atoms with Crippen LogP contribution in [0.2, 0.25) is 0 Å². The third-order valence-electron chi connectivity index (χ3n) is 3.21. The van der Waals surface area contributed by atoms with Crippen molar-refractivity contribution in [2.75, 3.05) is 19.8 Å². The van der Waals surface area contributed by atoms with E-state index in [0.717, 1.165) is 21.5 Å². The summed E-state index contributed by atoms with van der Waals surface area (Å²) in [4.78, 5) is 11.9. The Bertz CT molecular complexity index is 748. The van der Waals surface area contributed by atoms with Gasteiger partial charge in [-0.25, -0.2) is 0 Å². The second kappa shape index (κ2) is 10.4. The Morgan fingerprint density at radius 2 is 1.88 bits per heavy atom. The Morgan fingerprint density at radius 3 is 2.60 bits per heavy atom. The number of amides is 1. The molecule has 0 aliphatic rings. The molecule has 1 amide bonds. The van der Waals surface area contributed by atoms with Crippen LogP contribution in [-0.2, 0) is 11.2 Å². The third kappa shape index (κ3) is 7.32. The molecule has 0 saturated heterocycles. The normalized spacial score (nSPS) is 9.68. The predicted molar refractivity (Wildman–Crippen MR) is 102 cm³/mol. The maximum absolute atomic E-state index is 11.9. The van der Waals surface area contributed by atoms with Gasteiger partial charge in [0.1, 0.15) is 18.1 Å². The van der Waals surface area contributed by atoms with E-state index < -0.39 is 0 Å². The van der Waals surface area contributed by atoms with Crippen LogP contribution in [0.1, 0.15) is 12.5 Å². The molecule has 0 saturated carbocycles. The van der Waals surface area contributed by atoms with Crippen LogP contribution < -0.4 is 14.8 Å². The molecule has 130 valence electrons. The van der Waals surface area contributed by atoms with Gasteiger partial charge in [-0.15, -0.1) is 0 Å². The van der Waals surface area contributed by atoms with Crippen LogP contribution in [-0.4, -0.2) is 25.7 Å². The lowest BCUT2D eigenvalue weighted by Crippen LogP contribution is -2.25. The lowest BCUT2D eigenvalue weighted by atomic mass is 10.1. The average Bonchev–Trinajstić information content (AvgIpc) is 2.60. The summed E-state index contributed by atoms with van der Waals surface area (Å²) in [5.41, 5.74) is 0.937. The highest BCUT2D eigenvalue weighted by Crippen LogP contribution is 2.17. The molecule has 5 heteroatoms. The van der Waals surface area contributed by atoms with Gasteiger partial charge in [-0.3, -0.25) is 4.79 Å². The van der Waals surface area contributed by atoms with Gasteiger partial charge in [0.15, 0.2) is 0 Å². The molecule has 2 rings (SSSR count). The zero-order valence-corrected chi connectivity index (χ0v) is 15.6. The summed E-state index contributed by atoms with van der Waals surface area (Å²) in [6.45, 7) is 3.15. The van der Waals surface area contributed by atoms with E-state index in [0.29, 0.717) is 19.6 Å². The van der Waals surface area contributed by atoms with Gasteiger partial charge in [0, 0.05) is 4.47 Å². The molecule has 0 radical (unpaired) electrons. The summed E-state index contributed by atoms with van der Waals surface area (Å²) in [5, 5.41) is 2.77. The molecule has 4 nitrogen and oxygen atoms in total. The molecule has 1 N–H and O–H groups in total. The molecular formula is C20H20BrNO3. The van der Waals surface area contributed by atoms with E-state index in [9.17, 15) is 4.79 Å². The number of halogens is 1. The summed E-state index contributed by atoms with van der Waals surface area (Å²) >= 11 is 3.38. The third-order valence-corrected chi connectivity index (χ3v) is 3.70. The zero-order chi connectivity index (χ0) is 17.9. The van der Waals surface area contributed by atoms with Gasteiger partial charge in [-0.2, -0.15) is 0 Å². The summed E-state index contributed by atoms with van der Waals surface area (Å²) in [6, 6.07) is 15.1. The fraction of sp³-hybridized carbons (Fsp3) is 0.250. The van der Waals surface area contributed by atoms with Crippen LogP contribution in [0.5, 0.6) is 11.5 Å². The monoisotopic (exact) mass is 401 g/mol. The second-order valence-corrected chi connectivity index (χ2v) is 6.05. The number of hydrogen-bond acceptors (Lipinski definition) is 3. The molecule has 2 aromatic carbocycles. The Kier molecular flexibility index (Phi) is 7.87. The molecule has 25 heavy (non-hydrogen) atoms. The van der Waals surface area contributed by atoms with E-state index in [2.05, 4.69) is 33.1 Å². The van der Waals surface area contributed by atoms with Gasteiger partial charge in [-0.05, 0) is 42.8 Å². The van der Waals surface area contributed by atoms with Crippen LogP contribution in [0, 0.1) is 11.8 Å². The number of benzene rings is 2. The summed E-state index contributed by atoms with van der Waals surface area (Å²) in [6.07, 6.45) is 0.322. The first kappa shape index (κ1) is 18.9. The van der Waals surface area contributed by atoms with Crippen molar-refractivity contribution in [1.29, 1.82) is 0 Å². The maximum atomic E-state index is 11.9. The molecule has 2 aromatic rings. The highest BCUT2D eigenvalue weighted by Gasteiger charge is 2.02. The highest BCUT2D eigenvalue weighted by molar-refractivity contribution is 9.10. The first-order valence-electron chi connectivity index (χ1n) is 8.00. The quantitative estimate of drug-likeness (QED) is 0.721. The summed E-state index contributed by atoms with van der Waals surface area (Å²) in [5.74, 6) is 7.25. The van der Waals surface area contributed by atoms with Crippen LogP contribution in [0.4, 0.5) is 0 Å². The first-order valence-corrected chi connectivity index (χ1v) is 8.79. The lowest BCUT2D eigenvalue weighted by molar-refractivity contribution is -0.120. The number of rotatable bonds is 7. The Morgan fingerprint density at radius 1 is 1.08 bits per heavy atom. The van der Waals surface area contributed by atoms with Crippen LogP contribution in [0.3, 0.4) is 0 Å². The predicted octanol–water partition coefficient (Wildman–Crippen LogP) is 3.59. The van der Waals surface area contributed by atoms with E-state index in [4.69, 9.17) is 9.47 Å². The minimum Gasteiger partial charge on any atom is -0.494 e. The van der Waals surface area contributed by atoms with E-state index in [1.54, 1.807) is 0 Å². The Hall–Kier alpha value is -2.45. The van der Waals surface area contributed by atoms with Crippen molar-refractivity contribution in [1.82, 2.24) is 5.32 Å². The molecule has 0 fully saturated rings. The number of nitrogens with one attached hydrogen (secondary N) is 1. The molecule has 0 heterocycles. The summed E-state index contributed by atoms with van der Waals surface area (Å²) < 4.78 is 11.8. The van der Waals surface area contributed by atoms with E-state index in [1.165, 1.54) is 0 Å². The molecule has 0 spiro atoms. The van der Waals surface area contributed by atoms with Gasteiger partial charge >= 0.3 is 0 Å². The fourth-order valence-corrected chi connectivity index (χ4v) is 2.43. The summed E-state index contributed by atoms with van der Waals surface area (Å²) in [7, 11) is 0. The van der Waals surface area contributed by atoms with E-state index in [1.807, 2.05) is 55.5 Å². The van der Waals surface area contributed by atoms with Crippen molar-refractivity contribution in [3.8, 4) is 23.3 Å². The molecule has 0 unspecified atom stereocenters. The van der Waals surface area contributed by atoms with Gasteiger partial charge < -0.3 is 14.8 Å². The second-order valence-electron chi connectivity index (χ2n) is 5.13. The lowest BCUT2D eigenvalue weighted by Gasteiger charge is -2.05. The molecule has 0 aliphatic carbocycles. The van der Waals surface area contributed by atoms with Crippen molar-refractivity contribution in [2.45, 2.75) is 13.3 Å². The van der Waals surface area contributed by atoms with Gasteiger partial charge in [0.05, 0.1) is 19.6 Å². The van der Waals surface area contributed by atoms with Gasteiger partial charge in [-0.1, -0.05) is 46.0 Å². The first-order chi connectivity index (χ1) is 12.2. The number of carbonyl (C=O) groups is 1. The maximum Gasteiger partial charge on any atom is 0.225 e. The average molecular weight is 402 g/mol. The fourth-order valence-electron chi connectivity index (χ4n) is 2.05. The number of carbonyl (C=O) groups excluding carboxylic acids is 1. The van der Waals surface area contributed by atoms with Crippen molar-refractivity contribution in [3.63, 3.8) is 0 Å². The highest BCUT2D eigenvalue weighted by atomic mass is 79.9. The minimum atomic E-state index is -0.0635. The number of ether oxygens (including phenoxy) is 2. The molecule has 0 atom stereocenters. The zero-order valence-electron chi connectivity index (χ0n) is 14.0. The van der Waals surface area contributed by atoms with E-state index in [-0.39, 0.29) is 12.5 Å². The van der Waals surface area contributed by atoms with Crippen molar-refractivity contribution < 1.29 is 14.3 Å². The Balaban J connectivity index is 1.66. The van der Waals surface area contributed by atoms with Crippen LogP contribution in [0.25, 0.3) is 0 Å². The van der Waals surface area contributed by atoms with Crippen LogP contribution >= 0.6 is 15.9 Å². The molecule has 0 aromatic heterocycles. The van der Waals surface area contributed by atoms with Crippen molar-refractivity contribution in [2.24, 2.45) is 0 Å². The standard InChI is InChI=1S/C20H20BrNO3/c1-2-24-18-10-8-16(9-11-18)14-20(23)22-12-3-4-13-25-19-7-5-6-17(21)15-19/h5-11,15H,2,12-14H2,1H3,(H,22,23). The molecular weight excluding hydrogens is 382 g/mol. The smallest absolute Gasteiger partial charge is 0.225 e. The number of hydrogen-bond donors (Lipinski definition) is 1. The Labute approximate surface area is 156 Å². The van der Waals surface area contributed by atoms with Crippen LogP contribution in [0.15, 0.2) is 53.0 Å². The largest absolute Gasteiger partial charge is 0.494 e. The van der Waals surface area contributed by atoms with Gasteiger partial charge in [0.2, 0.25) is 5.91 Å². The molecule has 0 aliphatic heterocycles. The van der Waals surface area contributed by atoms with Crippen molar-refractivity contribution >= 4 is 21.8 Å². The SMILES string of the molecule is CCOc1ccc(CC(=O)NCC#CCOc2cccc(Br)c2)cc1. The topological polar surface area (TPSA) is 47.6 Å². The minimum absolute atomic E-state index is 0.0635. The van der Waals surface area contributed by atoms with Crippen molar-refractivity contribution in [3.05, 3.63) is 58.6 Å². The molecule has 0 bridgehead atoms. The van der Waals surface area contributed by atoms with E-state index >= 15 is 0 Å². The van der Waals surface area contributed by atoms with Gasteiger partial charge in [0.25, 0.3) is 0 Å².